The third-order valence-corrected chi connectivity index (χ3v) is 7.04. The fourth-order valence-corrected chi connectivity index (χ4v) is 4.77. The summed E-state index contributed by atoms with van der Waals surface area (Å²) in [7, 11) is 2.12. The van der Waals surface area contributed by atoms with Gasteiger partial charge in [0.15, 0.2) is 28.9 Å². The van der Waals surface area contributed by atoms with Crippen molar-refractivity contribution in [3.05, 3.63) is 48.3 Å². The van der Waals surface area contributed by atoms with Crippen LogP contribution in [0, 0.1) is 0 Å². The number of ether oxygens (including phenoxy) is 2. The highest BCUT2D eigenvalue weighted by molar-refractivity contribution is 5.99. The van der Waals surface area contributed by atoms with E-state index in [0.717, 1.165) is 31.9 Å². The smallest absolute Gasteiger partial charge is 0.324 e. The summed E-state index contributed by atoms with van der Waals surface area (Å²) in [5.74, 6) is 1.64. The molecule has 0 bridgehead atoms. The average molecular weight is 561 g/mol. The number of aromatic nitrogens is 3. The van der Waals surface area contributed by atoms with Crippen LogP contribution in [0.15, 0.2) is 42.6 Å². The van der Waals surface area contributed by atoms with Crippen LogP contribution < -0.4 is 25.2 Å². The van der Waals surface area contributed by atoms with E-state index in [1.165, 1.54) is 6.92 Å². The lowest BCUT2D eigenvalue weighted by Gasteiger charge is -2.33. The number of nitrogens with zero attached hydrogens (tertiary/aromatic N) is 6. The first-order valence-corrected chi connectivity index (χ1v) is 13.9. The molecule has 216 valence electrons. The number of nitrogens with one attached hydrogen (secondary N) is 2. The Balaban J connectivity index is 1.27. The molecule has 0 atom stereocenters. The molecule has 0 aliphatic carbocycles. The SMILES string of the molecule is CCOc1c(C(C)=O)nc(-c2ccc(NC(=O)Nc3ccc(N4CCN(C)CC4)cn3)cc2)nc1N1CCOCC1. The predicted octanol–water partition coefficient (Wildman–Crippen LogP) is 3.37. The number of rotatable bonds is 8. The van der Waals surface area contributed by atoms with Crippen LogP contribution in [-0.2, 0) is 4.74 Å². The third kappa shape index (κ3) is 6.90. The Labute approximate surface area is 239 Å². The minimum absolute atomic E-state index is 0.202. The Morgan fingerprint density at radius 2 is 1.66 bits per heavy atom. The molecule has 0 radical (unpaired) electrons. The van der Waals surface area contributed by atoms with Crippen molar-refractivity contribution in [3.63, 3.8) is 0 Å². The number of amides is 2. The molecule has 2 aliphatic rings. The van der Waals surface area contributed by atoms with E-state index >= 15 is 0 Å². The standard InChI is InChI=1S/C29H36N8O4/c1-4-41-26-25(20(2)38)33-27(34-28(26)37-15-17-40-18-16-37)21-5-7-22(8-6-21)31-29(39)32-24-10-9-23(19-30-24)36-13-11-35(3)12-14-36/h5-10,19H,4,11-18H2,1-3H3,(H2,30,31,32,39). The molecular formula is C29H36N8O4. The van der Waals surface area contributed by atoms with Gasteiger partial charge in [0.25, 0.3) is 0 Å². The molecule has 2 amide bonds. The van der Waals surface area contributed by atoms with E-state index in [1.807, 2.05) is 13.0 Å². The molecule has 5 rings (SSSR count). The molecule has 0 saturated carbocycles. The summed E-state index contributed by atoms with van der Waals surface area (Å²) in [6.07, 6.45) is 1.78. The monoisotopic (exact) mass is 560 g/mol. The molecule has 4 heterocycles. The second kappa shape index (κ2) is 12.9. The molecule has 0 unspecified atom stereocenters. The van der Waals surface area contributed by atoms with Crippen LogP contribution in [0.1, 0.15) is 24.3 Å². The highest BCUT2D eigenvalue weighted by Crippen LogP contribution is 2.33. The quantitative estimate of drug-likeness (QED) is 0.396. The largest absolute Gasteiger partial charge is 0.488 e. The highest BCUT2D eigenvalue weighted by atomic mass is 16.5. The lowest BCUT2D eigenvalue weighted by Crippen LogP contribution is -2.44. The fraction of sp³-hybridized carbons (Fsp3) is 0.414. The van der Waals surface area contributed by atoms with Crippen molar-refractivity contribution < 1.29 is 19.1 Å². The number of pyridine rings is 1. The Morgan fingerprint density at radius 1 is 0.927 bits per heavy atom. The van der Waals surface area contributed by atoms with Crippen molar-refractivity contribution in [3.8, 4) is 17.1 Å². The van der Waals surface area contributed by atoms with Gasteiger partial charge < -0.3 is 29.5 Å². The molecule has 2 N–H and O–H groups in total. The zero-order valence-corrected chi connectivity index (χ0v) is 23.7. The Morgan fingerprint density at radius 3 is 2.29 bits per heavy atom. The van der Waals surface area contributed by atoms with E-state index in [9.17, 15) is 9.59 Å². The normalized spacial score (nSPS) is 15.9. The zero-order chi connectivity index (χ0) is 28.8. The number of Topliss-reactive ketones (excluding diaryl/α,β-unsaturated/α-hetero) is 1. The van der Waals surface area contributed by atoms with Gasteiger partial charge in [-0.15, -0.1) is 0 Å². The Bertz CT molecular complexity index is 1350. The third-order valence-electron chi connectivity index (χ3n) is 7.04. The number of carbonyl (C=O) groups excluding carboxylic acids is 2. The van der Waals surface area contributed by atoms with Crippen LogP contribution in [0.25, 0.3) is 11.4 Å². The van der Waals surface area contributed by atoms with Crippen LogP contribution in [0.3, 0.4) is 0 Å². The van der Waals surface area contributed by atoms with Gasteiger partial charge in [0.2, 0.25) is 0 Å². The van der Waals surface area contributed by atoms with E-state index in [2.05, 4.69) is 42.3 Å². The maximum atomic E-state index is 12.6. The summed E-state index contributed by atoms with van der Waals surface area (Å²) in [6.45, 7) is 10.1. The summed E-state index contributed by atoms with van der Waals surface area (Å²) in [6, 6.07) is 10.5. The highest BCUT2D eigenvalue weighted by Gasteiger charge is 2.25. The van der Waals surface area contributed by atoms with Crippen molar-refractivity contribution in [1.29, 1.82) is 0 Å². The predicted molar refractivity (Wildman–Crippen MR) is 158 cm³/mol. The first kappa shape index (κ1) is 28.2. The first-order chi connectivity index (χ1) is 19.9. The van der Waals surface area contributed by atoms with Gasteiger partial charge in [-0.25, -0.2) is 19.7 Å². The van der Waals surface area contributed by atoms with Crippen LogP contribution >= 0.6 is 0 Å². The Kier molecular flexibility index (Phi) is 8.90. The summed E-state index contributed by atoms with van der Waals surface area (Å²) in [4.78, 5) is 45.5. The van der Waals surface area contributed by atoms with E-state index < -0.39 is 6.03 Å². The molecule has 2 aromatic heterocycles. The van der Waals surface area contributed by atoms with Gasteiger partial charge in [-0.1, -0.05) is 0 Å². The average Bonchev–Trinajstić information content (AvgIpc) is 2.99. The summed E-state index contributed by atoms with van der Waals surface area (Å²) >= 11 is 0. The first-order valence-electron chi connectivity index (χ1n) is 13.9. The number of hydrogen-bond donors (Lipinski definition) is 2. The molecule has 2 saturated heterocycles. The van der Waals surface area contributed by atoms with Gasteiger partial charge in [0.1, 0.15) is 5.82 Å². The van der Waals surface area contributed by atoms with Crippen LogP contribution in [0.5, 0.6) is 5.75 Å². The topological polar surface area (TPSA) is 125 Å². The van der Waals surface area contributed by atoms with Gasteiger partial charge in [-0.2, -0.15) is 0 Å². The molecule has 2 fully saturated rings. The molecule has 41 heavy (non-hydrogen) atoms. The molecule has 12 nitrogen and oxygen atoms in total. The number of carbonyl (C=O) groups is 2. The lowest BCUT2D eigenvalue weighted by molar-refractivity contribution is 0.100. The molecule has 1 aromatic carbocycles. The molecule has 3 aromatic rings. The van der Waals surface area contributed by atoms with Gasteiger partial charge in [-0.3, -0.25) is 10.1 Å². The second-order valence-electron chi connectivity index (χ2n) is 9.99. The number of benzene rings is 1. The zero-order valence-electron chi connectivity index (χ0n) is 23.7. The fourth-order valence-electron chi connectivity index (χ4n) is 4.77. The summed E-state index contributed by atoms with van der Waals surface area (Å²) < 4.78 is 11.3. The number of piperazine rings is 1. The molecule has 12 heteroatoms. The van der Waals surface area contributed by atoms with E-state index in [4.69, 9.17) is 14.5 Å². The van der Waals surface area contributed by atoms with Gasteiger partial charge in [0.05, 0.1) is 31.7 Å². The van der Waals surface area contributed by atoms with E-state index in [1.54, 1.807) is 36.5 Å². The van der Waals surface area contributed by atoms with E-state index in [0.29, 0.717) is 67.4 Å². The number of anilines is 4. The maximum absolute atomic E-state index is 12.6. The number of hydrogen-bond acceptors (Lipinski definition) is 10. The molecule has 0 spiro atoms. The molecular weight excluding hydrogens is 524 g/mol. The number of morpholine rings is 1. The molecule has 2 aliphatic heterocycles. The van der Waals surface area contributed by atoms with Gasteiger partial charge in [-0.05, 0) is 50.4 Å². The summed E-state index contributed by atoms with van der Waals surface area (Å²) in [5.41, 5.74) is 2.58. The number of ketones is 1. The van der Waals surface area contributed by atoms with Gasteiger partial charge >= 0.3 is 6.03 Å². The van der Waals surface area contributed by atoms with Crippen molar-refractivity contribution in [1.82, 2.24) is 19.9 Å². The van der Waals surface area contributed by atoms with Crippen molar-refractivity contribution >= 4 is 34.8 Å². The van der Waals surface area contributed by atoms with Crippen molar-refractivity contribution in [2.24, 2.45) is 0 Å². The van der Waals surface area contributed by atoms with Gasteiger partial charge in [0, 0.05) is 57.4 Å². The minimum Gasteiger partial charge on any atom is -0.488 e. The number of urea groups is 1. The summed E-state index contributed by atoms with van der Waals surface area (Å²) in [5, 5.41) is 5.60. The van der Waals surface area contributed by atoms with Crippen molar-refractivity contribution in [2.45, 2.75) is 13.8 Å². The Hall–Kier alpha value is -4.29. The second-order valence-corrected chi connectivity index (χ2v) is 9.99. The lowest BCUT2D eigenvalue weighted by atomic mass is 10.1. The van der Waals surface area contributed by atoms with Crippen LogP contribution in [0.4, 0.5) is 27.8 Å². The van der Waals surface area contributed by atoms with Crippen LogP contribution in [-0.4, -0.2) is 97.8 Å². The van der Waals surface area contributed by atoms with Crippen molar-refractivity contribution in [2.75, 3.05) is 86.6 Å². The maximum Gasteiger partial charge on any atom is 0.324 e. The van der Waals surface area contributed by atoms with Crippen LogP contribution in [0.2, 0.25) is 0 Å². The minimum atomic E-state index is -0.400. The number of likely N-dealkylation sites (N-methyl/N-ethyl adjacent to an activating group) is 1. The van der Waals surface area contributed by atoms with E-state index in [-0.39, 0.29) is 11.5 Å².